The van der Waals surface area contributed by atoms with Crippen LogP contribution < -0.4 is 16.0 Å². The van der Waals surface area contributed by atoms with Gasteiger partial charge in [-0.1, -0.05) is 17.7 Å². The average molecular weight is 485 g/mol. The fourth-order valence-corrected chi connectivity index (χ4v) is 5.29. The van der Waals surface area contributed by atoms with Crippen LogP contribution in [0.3, 0.4) is 0 Å². The molecule has 0 bridgehead atoms. The minimum absolute atomic E-state index is 0.0353. The zero-order valence-corrected chi connectivity index (χ0v) is 20.1. The highest BCUT2D eigenvalue weighted by atomic mass is 32.2. The summed E-state index contributed by atoms with van der Waals surface area (Å²) in [5.74, 6) is -0.0904. The summed E-state index contributed by atoms with van der Waals surface area (Å²) in [5, 5.41) is 0.0966. The van der Waals surface area contributed by atoms with Gasteiger partial charge in [-0.2, -0.15) is 0 Å². The molecule has 1 aliphatic rings. The summed E-state index contributed by atoms with van der Waals surface area (Å²) >= 11 is 0. The molecule has 1 N–H and O–H groups in total. The maximum Gasteiger partial charge on any atom is 0.331 e. The van der Waals surface area contributed by atoms with Crippen molar-refractivity contribution < 1.29 is 13.2 Å². The Morgan fingerprint density at radius 1 is 1.00 bits per heavy atom. The number of hydrogen-bond donors (Lipinski definition) is 1. The molecule has 0 atom stereocenters. The smallest absolute Gasteiger partial charge is 0.331 e. The van der Waals surface area contributed by atoms with E-state index in [0.717, 1.165) is 29.4 Å². The Morgan fingerprint density at radius 2 is 1.68 bits per heavy atom. The largest absolute Gasteiger partial charge is 0.343 e. The van der Waals surface area contributed by atoms with Gasteiger partial charge in [-0.15, -0.1) is 0 Å². The van der Waals surface area contributed by atoms with Gasteiger partial charge < -0.3 is 4.90 Å². The lowest BCUT2D eigenvalue weighted by Crippen LogP contribution is -2.41. The van der Waals surface area contributed by atoms with Gasteiger partial charge in [0.1, 0.15) is 0 Å². The summed E-state index contributed by atoms with van der Waals surface area (Å²) in [6.07, 6.45) is 3.04. The van der Waals surface area contributed by atoms with Crippen LogP contribution in [0.25, 0.3) is 10.9 Å². The van der Waals surface area contributed by atoms with Crippen molar-refractivity contribution in [3.05, 3.63) is 68.9 Å². The lowest BCUT2D eigenvalue weighted by Gasteiger charge is -2.26. The highest BCUT2D eigenvalue weighted by molar-refractivity contribution is 7.92. The Morgan fingerprint density at radius 3 is 2.35 bits per heavy atom. The van der Waals surface area contributed by atoms with E-state index in [1.807, 2.05) is 6.92 Å². The second kappa shape index (κ2) is 9.46. The maximum absolute atomic E-state index is 13.2. The minimum Gasteiger partial charge on any atom is -0.343 e. The molecule has 3 aromatic rings. The van der Waals surface area contributed by atoms with Gasteiger partial charge in [-0.05, 0) is 56.5 Å². The lowest BCUT2D eigenvalue weighted by atomic mass is 10.1. The van der Waals surface area contributed by atoms with Crippen LogP contribution in [0.2, 0.25) is 0 Å². The molecule has 0 unspecified atom stereocenters. The first-order valence-electron chi connectivity index (χ1n) is 11.3. The third-order valence-electron chi connectivity index (χ3n) is 6.19. The normalized spacial score (nSPS) is 14.4. The van der Waals surface area contributed by atoms with Crippen molar-refractivity contribution >= 4 is 32.5 Å². The van der Waals surface area contributed by atoms with E-state index < -0.39 is 21.3 Å². The predicted octanol–water partition coefficient (Wildman–Crippen LogP) is 2.21. The topological polar surface area (TPSA) is 110 Å². The molecule has 2 aromatic carbocycles. The summed E-state index contributed by atoms with van der Waals surface area (Å²) in [6.45, 7) is 3.23. The first-order chi connectivity index (χ1) is 16.2. The van der Waals surface area contributed by atoms with Crippen molar-refractivity contribution in [3.63, 3.8) is 0 Å². The van der Waals surface area contributed by atoms with E-state index >= 15 is 0 Å². The Balaban J connectivity index is 1.66. The molecular formula is C24H28N4O5S. The van der Waals surface area contributed by atoms with Crippen LogP contribution in [0, 0.1) is 6.92 Å². The molecule has 2 heterocycles. The summed E-state index contributed by atoms with van der Waals surface area (Å²) in [6, 6.07) is 11.0. The van der Waals surface area contributed by atoms with E-state index in [1.54, 1.807) is 29.2 Å². The van der Waals surface area contributed by atoms with E-state index in [2.05, 4.69) is 4.72 Å². The van der Waals surface area contributed by atoms with Crippen molar-refractivity contribution in [2.75, 3.05) is 17.8 Å². The second-order valence-electron chi connectivity index (χ2n) is 8.64. The number of rotatable bonds is 6. The van der Waals surface area contributed by atoms with Crippen LogP contribution in [-0.4, -0.2) is 41.4 Å². The third kappa shape index (κ3) is 4.77. The van der Waals surface area contributed by atoms with Gasteiger partial charge in [0, 0.05) is 38.8 Å². The molecule has 0 spiro atoms. The fourth-order valence-electron chi connectivity index (χ4n) is 4.20. The SMILES string of the molecule is Cc1ccc(NS(=O)(=O)c2ccc3c(c2)c(=O)n(CCC(=O)N2CCCCC2)c(=O)n3C)cc1. The number of likely N-dealkylation sites (tertiary alicyclic amines) is 1. The third-order valence-corrected chi connectivity index (χ3v) is 7.57. The number of anilines is 1. The number of hydrogen-bond acceptors (Lipinski definition) is 5. The zero-order valence-electron chi connectivity index (χ0n) is 19.3. The van der Waals surface area contributed by atoms with Crippen molar-refractivity contribution in [1.82, 2.24) is 14.0 Å². The summed E-state index contributed by atoms with van der Waals surface area (Å²) < 4.78 is 30.7. The van der Waals surface area contributed by atoms with E-state index in [9.17, 15) is 22.8 Å². The zero-order chi connectivity index (χ0) is 24.5. The van der Waals surface area contributed by atoms with Crippen LogP contribution in [0.15, 0.2) is 56.9 Å². The maximum atomic E-state index is 13.2. The number of nitrogens with one attached hydrogen (secondary N) is 1. The molecule has 4 rings (SSSR count). The molecule has 1 saturated heterocycles. The standard InChI is InChI=1S/C24H28N4O5S/c1-17-6-8-18(9-7-17)25-34(32,33)19-10-11-21-20(16-19)23(30)28(24(31)26(21)2)15-12-22(29)27-13-4-3-5-14-27/h6-11,16,25H,3-5,12-15H2,1-2H3. The number of sulfonamides is 1. The predicted molar refractivity (Wildman–Crippen MR) is 130 cm³/mol. The number of aromatic nitrogens is 2. The quantitative estimate of drug-likeness (QED) is 0.577. The summed E-state index contributed by atoms with van der Waals surface area (Å²) in [4.78, 5) is 40.2. The number of carbonyl (C=O) groups excluding carboxylic acids is 1. The van der Waals surface area contributed by atoms with Gasteiger partial charge in [0.05, 0.1) is 15.8 Å². The first-order valence-corrected chi connectivity index (χ1v) is 12.8. The second-order valence-corrected chi connectivity index (χ2v) is 10.3. The Bertz CT molecular complexity index is 1450. The molecule has 34 heavy (non-hydrogen) atoms. The van der Waals surface area contributed by atoms with Crippen LogP contribution in [-0.2, 0) is 28.4 Å². The molecule has 1 aromatic heterocycles. The van der Waals surface area contributed by atoms with Gasteiger partial charge in [-0.25, -0.2) is 13.2 Å². The molecular weight excluding hydrogens is 456 g/mol. The van der Waals surface area contributed by atoms with Crippen LogP contribution in [0.5, 0.6) is 0 Å². The summed E-state index contributed by atoms with van der Waals surface area (Å²) in [5.41, 5.74) is 0.561. The van der Waals surface area contributed by atoms with Crippen LogP contribution >= 0.6 is 0 Å². The Hall–Kier alpha value is -3.40. The van der Waals surface area contributed by atoms with Crippen molar-refractivity contribution in [2.45, 2.75) is 44.0 Å². The van der Waals surface area contributed by atoms with E-state index in [4.69, 9.17) is 0 Å². The van der Waals surface area contributed by atoms with E-state index in [1.165, 1.54) is 29.8 Å². The average Bonchev–Trinajstić information content (AvgIpc) is 2.84. The molecule has 0 aliphatic carbocycles. The number of benzene rings is 2. The van der Waals surface area contributed by atoms with Crippen LogP contribution in [0.4, 0.5) is 5.69 Å². The van der Waals surface area contributed by atoms with Crippen molar-refractivity contribution in [2.24, 2.45) is 7.05 Å². The molecule has 1 amide bonds. The van der Waals surface area contributed by atoms with Gasteiger partial charge >= 0.3 is 5.69 Å². The van der Waals surface area contributed by atoms with E-state index in [-0.39, 0.29) is 29.2 Å². The molecule has 0 radical (unpaired) electrons. The molecule has 180 valence electrons. The molecule has 1 fully saturated rings. The van der Waals surface area contributed by atoms with E-state index in [0.29, 0.717) is 24.3 Å². The van der Waals surface area contributed by atoms with Crippen molar-refractivity contribution in [3.8, 4) is 0 Å². The van der Waals surface area contributed by atoms with Gasteiger partial charge in [-0.3, -0.25) is 23.4 Å². The molecule has 10 heteroatoms. The first kappa shape index (κ1) is 23.7. The number of aryl methyl sites for hydroxylation is 2. The number of piperidine rings is 1. The monoisotopic (exact) mass is 484 g/mol. The highest BCUT2D eigenvalue weighted by Crippen LogP contribution is 2.20. The molecule has 9 nitrogen and oxygen atoms in total. The lowest BCUT2D eigenvalue weighted by molar-refractivity contribution is -0.132. The van der Waals surface area contributed by atoms with Crippen LogP contribution in [0.1, 0.15) is 31.2 Å². The number of fused-ring (bicyclic) bond motifs is 1. The number of carbonyl (C=O) groups is 1. The van der Waals surface area contributed by atoms with Gasteiger partial charge in [0.15, 0.2) is 0 Å². The number of nitrogens with zero attached hydrogens (tertiary/aromatic N) is 3. The Labute approximate surface area is 197 Å². The van der Waals surface area contributed by atoms with Gasteiger partial charge in [0.25, 0.3) is 15.6 Å². The molecule has 1 aliphatic heterocycles. The highest BCUT2D eigenvalue weighted by Gasteiger charge is 2.20. The summed E-state index contributed by atoms with van der Waals surface area (Å²) in [7, 11) is -2.44. The van der Waals surface area contributed by atoms with Gasteiger partial charge in [0.2, 0.25) is 5.91 Å². The fraction of sp³-hybridized carbons (Fsp3) is 0.375. The minimum atomic E-state index is -3.96. The Kier molecular flexibility index (Phi) is 6.60. The number of amides is 1. The van der Waals surface area contributed by atoms with Crippen molar-refractivity contribution in [1.29, 1.82) is 0 Å². The molecule has 0 saturated carbocycles.